The van der Waals surface area contributed by atoms with Crippen molar-refractivity contribution >= 4 is 23.6 Å². The summed E-state index contributed by atoms with van der Waals surface area (Å²) in [7, 11) is 1.52. The number of anilines is 1. The molecular formula is C22H25FN2O4. The molecule has 154 valence electrons. The van der Waals surface area contributed by atoms with E-state index in [0.717, 1.165) is 5.56 Å². The minimum absolute atomic E-state index is 0.160. The van der Waals surface area contributed by atoms with Crippen LogP contribution in [0.2, 0.25) is 0 Å². The molecule has 0 aliphatic carbocycles. The van der Waals surface area contributed by atoms with Gasteiger partial charge in [0.05, 0.1) is 19.8 Å². The van der Waals surface area contributed by atoms with Gasteiger partial charge in [0.2, 0.25) is 11.8 Å². The van der Waals surface area contributed by atoms with Gasteiger partial charge in [0.15, 0.2) is 11.5 Å². The third-order valence-corrected chi connectivity index (χ3v) is 3.85. The first-order valence-electron chi connectivity index (χ1n) is 9.31. The van der Waals surface area contributed by atoms with Crippen LogP contribution in [0.25, 0.3) is 6.08 Å². The molecule has 2 amide bonds. The second kappa shape index (κ2) is 10.8. The summed E-state index contributed by atoms with van der Waals surface area (Å²) >= 11 is 0. The molecule has 7 heteroatoms. The van der Waals surface area contributed by atoms with E-state index in [-0.39, 0.29) is 12.5 Å². The lowest BCUT2D eigenvalue weighted by atomic mass is 10.2. The molecule has 0 aliphatic heterocycles. The molecule has 0 heterocycles. The largest absolute Gasteiger partial charge is 0.490 e. The molecule has 0 aliphatic rings. The number of benzene rings is 2. The molecule has 2 rings (SSSR count). The van der Waals surface area contributed by atoms with Gasteiger partial charge in [-0.15, -0.1) is 0 Å². The highest BCUT2D eigenvalue weighted by Gasteiger charge is 2.11. The van der Waals surface area contributed by atoms with Gasteiger partial charge in [0.25, 0.3) is 0 Å². The van der Waals surface area contributed by atoms with E-state index in [2.05, 4.69) is 5.32 Å². The summed E-state index contributed by atoms with van der Waals surface area (Å²) in [6, 6.07) is 11.0. The molecule has 0 saturated heterocycles. The van der Waals surface area contributed by atoms with E-state index in [1.165, 1.54) is 36.2 Å². The smallest absolute Gasteiger partial charge is 0.246 e. The van der Waals surface area contributed by atoms with Crippen LogP contribution in [0.15, 0.2) is 48.5 Å². The van der Waals surface area contributed by atoms with Crippen molar-refractivity contribution in [2.75, 3.05) is 32.1 Å². The Balaban J connectivity index is 1.96. The lowest BCUT2D eigenvalue weighted by Gasteiger charge is -2.15. The zero-order valence-electron chi connectivity index (χ0n) is 16.8. The van der Waals surface area contributed by atoms with Gasteiger partial charge in [-0.2, -0.15) is 0 Å². The standard InChI is InChI=1S/C22H25FN2O4/c1-4-28-19-11-9-16(13-20(19)29-5-2)10-12-22(27)25(3)15-21(26)24-18-8-6-7-17(23)14-18/h6-14H,4-5,15H2,1-3H3,(H,24,26)/b12-10+. The van der Waals surface area contributed by atoms with Crippen LogP contribution in [-0.2, 0) is 9.59 Å². The zero-order valence-corrected chi connectivity index (χ0v) is 16.8. The number of rotatable bonds is 9. The first-order chi connectivity index (χ1) is 13.9. The summed E-state index contributed by atoms with van der Waals surface area (Å²) in [5.74, 6) is 0.0402. The maximum Gasteiger partial charge on any atom is 0.246 e. The van der Waals surface area contributed by atoms with Crippen molar-refractivity contribution in [3.63, 3.8) is 0 Å². The molecule has 0 bridgehead atoms. The van der Waals surface area contributed by atoms with Gasteiger partial charge in [-0.3, -0.25) is 9.59 Å². The summed E-state index contributed by atoms with van der Waals surface area (Å²) in [5.41, 5.74) is 1.10. The number of nitrogens with zero attached hydrogens (tertiary/aromatic N) is 1. The first kappa shape index (κ1) is 21.9. The van der Waals surface area contributed by atoms with Crippen molar-refractivity contribution in [2.24, 2.45) is 0 Å². The number of ether oxygens (including phenoxy) is 2. The predicted molar refractivity (Wildman–Crippen MR) is 110 cm³/mol. The molecule has 0 aromatic heterocycles. The fraction of sp³-hybridized carbons (Fsp3) is 0.273. The van der Waals surface area contributed by atoms with Gasteiger partial charge < -0.3 is 19.7 Å². The van der Waals surface area contributed by atoms with Crippen LogP contribution < -0.4 is 14.8 Å². The SMILES string of the molecule is CCOc1ccc(/C=C/C(=O)N(C)CC(=O)Nc2cccc(F)c2)cc1OCC. The van der Waals surface area contributed by atoms with E-state index in [1.54, 1.807) is 24.3 Å². The van der Waals surface area contributed by atoms with E-state index >= 15 is 0 Å². The fourth-order valence-corrected chi connectivity index (χ4v) is 2.53. The van der Waals surface area contributed by atoms with E-state index in [9.17, 15) is 14.0 Å². The summed E-state index contributed by atoms with van der Waals surface area (Å²) in [4.78, 5) is 25.6. The molecule has 0 unspecified atom stereocenters. The maximum atomic E-state index is 13.2. The number of nitrogens with one attached hydrogen (secondary N) is 1. The third kappa shape index (κ3) is 6.95. The Hall–Kier alpha value is -3.35. The average molecular weight is 400 g/mol. The van der Waals surface area contributed by atoms with E-state index in [4.69, 9.17) is 9.47 Å². The second-order valence-electron chi connectivity index (χ2n) is 6.16. The van der Waals surface area contributed by atoms with E-state index in [1.807, 2.05) is 19.9 Å². The number of hydrogen-bond acceptors (Lipinski definition) is 4. The van der Waals surface area contributed by atoms with E-state index in [0.29, 0.717) is 30.4 Å². The van der Waals surface area contributed by atoms with Gasteiger partial charge in [0.1, 0.15) is 5.82 Å². The highest BCUT2D eigenvalue weighted by atomic mass is 19.1. The van der Waals surface area contributed by atoms with Crippen LogP contribution in [-0.4, -0.2) is 43.5 Å². The van der Waals surface area contributed by atoms with Crippen molar-refractivity contribution in [2.45, 2.75) is 13.8 Å². The van der Waals surface area contributed by atoms with E-state index < -0.39 is 11.7 Å². The summed E-state index contributed by atoms with van der Waals surface area (Å²) in [5, 5.41) is 2.55. The Morgan fingerprint density at radius 3 is 2.48 bits per heavy atom. The summed E-state index contributed by atoms with van der Waals surface area (Å²) < 4.78 is 24.3. The van der Waals surface area contributed by atoms with Crippen LogP contribution in [0, 0.1) is 5.82 Å². The van der Waals surface area contributed by atoms with Crippen LogP contribution in [0.1, 0.15) is 19.4 Å². The molecular weight excluding hydrogens is 375 g/mol. The van der Waals surface area contributed by atoms with Gasteiger partial charge in [-0.1, -0.05) is 12.1 Å². The molecule has 2 aromatic carbocycles. The summed E-state index contributed by atoms with van der Waals surface area (Å²) in [6.45, 7) is 4.63. The minimum atomic E-state index is -0.447. The van der Waals surface area contributed by atoms with Gasteiger partial charge >= 0.3 is 0 Å². The van der Waals surface area contributed by atoms with Crippen molar-refractivity contribution in [3.8, 4) is 11.5 Å². The van der Waals surface area contributed by atoms with Crippen LogP contribution >= 0.6 is 0 Å². The Morgan fingerprint density at radius 2 is 1.79 bits per heavy atom. The molecule has 0 saturated carbocycles. The quantitative estimate of drug-likeness (QED) is 0.652. The van der Waals surface area contributed by atoms with Crippen molar-refractivity contribution in [1.82, 2.24) is 4.90 Å². The molecule has 29 heavy (non-hydrogen) atoms. The second-order valence-corrected chi connectivity index (χ2v) is 6.16. The van der Waals surface area contributed by atoms with Gasteiger partial charge in [-0.05, 0) is 55.8 Å². The van der Waals surface area contributed by atoms with Crippen LogP contribution in [0.4, 0.5) is 10.1 Å². The monoisotopic (exact) mass is 400 g/mol. The highest BCUT2D eigenvalue weighted by Crippen LogP contribution is 2.29. The highest BCUT2D eigenvalue weighted by molar-refractivity contribution is 5.97. The average Bonchev–Trinajstić information content (AvgIpc) is 2.68. The molecule has 0 spiro atoms. The molecule has 2 aromatic rings. The number of amides is 2. The number of likely N-dealkylation sites (N-methyl/N-ethyl adjacent to an activating group) is 1. The Bertz CT molecular complexity index is 883. The Labute approximate surface area is 169 Å². The molecule has 6 nitrogen and oxygen atoms in total. The number of hydrogen-bond donors (Lipinski definition) is 1. The number of carbonyl (C=O) groups is 2. The normalized spacial score (nSPS) is 10.6. The summed E-state index contributed by atoms with van der Waals surface area (Å²) in [6.07, 6.45) is 3.02. The predicted octanol–water partition coefficient (Wildman–Crippen LogP) is 3.73. The molecule has 0 fully saturated rings. The van der Waals surface area contributed by atoms with Crippen LogP contribution in [0.3, 0.4) is 0 Å². The van der Waals surface area contributed by atoms with Crippen molar-refractivity contribution in [1.29, 1.82) is 0 Å². The Kier molecular flexibility index (Phi) is 8.21. The molecule has 1 N–H and O–H groups in total. The zero-order chi connectivity index (χ0) is 21.2. The maximum absolute atomic E-state index is 13.2. The Morgan fingerprint density at radius 1 is 1.07 bits per heavy atom. The van der Waals surface area contributed by atoms with Crippen molar-refractivity contribution in [3.05, 3.63) is 59.9 Å². The number of halogens is 1. The molecule has 0 atom stereocenters. The lowest BCUT2D eigenvalue weighted by molar-refractivity contribution is -0.129. The van der Waals surface area contributed by atoms with Gasteiger partial charge in [0, 0.05) is 18.8 Å². The third-order valence-electron chi connectivity index (χ3n) is 3.85. The van der Waals surface area contributed by atoms with Crippen molar-refractivity contribution < 1.29 is 23.5 Å². The number of carbonyl (C=O) groups excluding carboxylic acids is 2. The van der Waals surface area contributed by atoms with Crippen LogP contribution in [0.5, 0.6) is 11.5 Å². The fourth-order valence-electron chi connectivity index (χ4n) is 2.53. The first-order valence-corrected chi connectivity index (χ1v) is 9.31. The minimum Gasteiger partial charge on any atom is -0.490 e. The van der Waals surface area contributed by atoms with Gasteiger partial charge in [-0.25, -0.2) is 4.39 Å². The lowest BCUT2D eigenvalue weighted by Crippen LogP contribution is -2.33. The molecule has 0 radical (unpaired) electrons. The topological polar surface area (TPSA) is 67.9 Å².